The van der Waals surface area contributed by atoms with E-state index in [2.05, 4.69) is 17.5 Å². The van der Waals surface area contributed by atoms with Gasteiger partial charge in [-0.3, -0.25) is 5.32 Å². The maximum absolute atomic E-state index is 12.8. The van der Waals surface area contributed by atoms with Gasteiger partial charge in [0, 0.05) is 0 Å². The van der Waals surface area contributed by atoms with E-state index in [0.717, 1.165) is 5.56 Å². The minimum Gasteiger partial charge on any atom is -0.296 e. The highest BCUT2D eigenvalue weighted by Crippen LogP contribution is 2.39. The molecule has 0 spiro atoms. The van der Waals surface area contributed by atoms with Gasteiger partial charge in [0.1, 0.15) is 5.82 Å². The molecule has 0 aliphatic carbocycles. The Labute approximate surface area is 69.9 Å². The van der Waals surface area contributed by atoms with Crippen LogP contribution in [-0.4, -0.2) is 0 Å². The normalized spacial score (nSPS) is 29.4. The van der Waals surface area contributed by atoms with Gasteiger partial charge in [0.2, 0.25) is 0 Å². The first-order valence-corrected chi connectivity index (χ1v) is 4.08. The molecule has 2 atom stereocenters. The van der Waals surface area contributed by atoms with Gasteiger partial charge in [0.05, 0.1) is 12.1 Å². The van der Waals surface area contributed by atoms with E-state index >= 15 is 0 Å². The highest BCUT2D eigenvalue weighted by atomic mass is 19.1. The van der Waals surface area contributed by atoms with Crippen LogP contribution in [0.15, 0.2) is 30.4 Å². The Morgan fingerprint density at radius 3 is 2.67 bits per heavy atom. The van der Waals surface area contributed by atoms with Crippen molar-refractivity contribution < 1.29 is 4.39 Å². The number of fused-ring (bicyclic) bond motifs is 5. The number of halogens is 1. The summed E-state index contributed by atoms with van der Waals surface area (Å²) in [5.74, 6) is -0.142. The monoisotopic (exact) mass is 161 g/mol. The van der Waals surface area contributed by atoms with E-state index in [4.69, 9.17) is 0 Å². The average Bonchev–Trinajstić information content (AvgIpc) is 2.63. The summed E-state index contributed by atoms with van der Waals surface area (Å²) < 4.78 is 12.8. The Balaban J connectivity index is 2.24. The fourth-order valence-electron chi connectivity index (χ4n) is 2.01. The molecule has 2 heterocycles. The van der Waals surface area contributed by atoms with Crippen molar-refractivity contribution in [3.05, 3.63) is 47.3 Å². The van der Waals surface area contributed by atoms with E-state index in [1.807, 2.05) is 6.07 Å². The predicted molar refractivity (Wildman–Crippen MR) is 44.2 cm³/mol. The molecule has 2 aliphatic rings. The third-order valence-electron chi connectivity index (χ3n) is 2.57. The first kappa shape index (κ1) is 6.38. The minimum absolute atomic E-state index is 0.142. The second kappa shape index (κ2) is 1.96. The number of hydrogen-bond donors (Lipinski definition) is 1. The van der Waals surface area contributed by atoms with Gasteiger partial charge < -0.3 is 0 Å². The van der Waals surface area contributed by atoms with Gasteiger partial charge in [0.15, 0.2) is 0 Å². The summed E-state index contributed by atoms with van der Waals surface area (Å²) in [6.45, 7) is 0. The lowest BCUT2D eigenvalue weighted by molar-refractivity contribution is 0.623. The molecule has 0 saturated carbocycles. The molecule has 2 bridgehead atoms. The summed E-state index contributed by atoms with van der Waals surface area (Å²) in [6.07, 6.45) is 4.22. The molecule has 0 fully saturated rings. The van der Waals surface area contributed by atoms with Gasteiger partial charge in [-0.15, -0.1) is 0 Å². The van der Waals surface area contributed by atoms with Crippen molar-refractivity contribution in [1.82, 2.24) is 5.32 Å². The van der Waals surface area contributed by atoms with Crippen LogP contribution in [0.5, 0.6) is 0 Å². The molecule has 60 valence electrons. The molecule has 1 N–H and O–H groups in total. The molecule has 12 heavy (non-hydrogen) atoms. The van der Waals surface area contributed by atoms with Gasteiger partial charge in [-0.2, -0.15) is 0 Å². The lowest BCUT2D eigenvalue weighted by Gasteiger charge is -2.07. The van der Waals surface area contributed by atoms with E-state index in [-0.39, 0.29) is 11.9 Å². The van der Waals surface area contributed by atoms with Crippen molar-refractivity contribution >= 4 is 0 Å². The molecule has 0 amide bonds. The summed E-state index contributed by atoms with van der Waals surface area (Å²) in [4.78, 5) is 0. The van der Waals surface area contributed by atoms with Gasteiger partial charge in [-0.25, -0.2) is 4.39 Å². The SMILES string of the molecule is Fc1ccc2c(c1)C1C=CC2N1. The molecule has 3 rings (SSSR count). The fourth-order valence-corrected chi connectivity index (χ4v) is 2.01. The zero-order chi connectivity index (χ0) is 8.13. The van der Waals surface area contributed by atoms with Gasteiger partial charge in [0.25, 0.3) is 0 Å². The number of nitrogens with one attached hydrogen (secondary N) is 1. The molecular weight excluding hydrogens is 153 g/mol. The highest BCUT2D eigenvalue weighted by molar-refractivity contribution is 5.46. The molecule has 2 aliphatic heterocycles. The van der Waals surface area contributed by atoms with Gasteiger partial charge in [-0.05, 0) is 23.3 Å². The van der Waals surface area contributed by atoms with Crippen LogP contribution in [0.3, 0.4) is 0 Å². The van der Waals surface area contributed by atoms with E-state index in [1.165, 1.54) is 11.6 Å². The molecule has 2 unspecified atom stereocenters. The molecule has 1 aromatic carbocycles. The summed E-state index contributed by atoms with van der Waals surface area (Å²) in [6, 6.07) is 5.59. The average molecular weight is 161 g/mol. The lowest BCUT2D eigenvalue weighted by atomic mass is 9.97. The van der Waals surface area contributed by atoms with E-state index in [1.54, 1.807) is 6.07 Å². The van der Waals surface area contributed by atoms with Gasteiger partial charge in [-0.1, -0.05) is 18.2 Å². The molecule has 1 nitrogen and oxygen atoms in total. The topological polar surface area (TPSA) is 12.0 Å². The van der Waals surface area contributed by atoms with Crippen LogP contribution < -0.4 is 5.32 Å². The standard InChI is InChI=1S/C10H8FN/c11-6-1-2-7-8(5-6)10-4-3-9(7)12-10/h1-5,9-10,12H. The fraction of sp³-hybridized carbons (Fsp3) is 0.200. The van der Waals surface area contributed by atoms with Crippen LogP contribution in [0.1, 0.15) is 23.2 Å². The van der Waals surface area contributed by atoms with E-state index in [0.29, 0.717) is 6.04 Å². The van der Waals surface area contributed by atoms with Crippen molar-refractivity contribution in [2.24, 2.45) is 0 Å². The molecule has 1 aromatic rings. The van der Waals surface area contributed by atoms with Crippen molar-refractivity contribution in [2.45, 2.75) is 12.1 Å². The quantitative estimate of drug-likeness (QED) is 0.574. The van der Waals surface area contributed by atoms with Crippen LogP contribution in [0, 0.1) is 5.82 Å². The zero-order valence-electron chi connectivity index (χ0n) is 6.42. The van der Waals surface area contributed by atoms with Gasteiger partial charge >= 0.3 is 0 Å². The maximum atomic E-state index is 12.8. The van der Waals surface area contributed by atoms with Crippen molar-refractivity contribution in [2.75, 3.05) is 0 Å². The predicted octanol–water partition coefficient (Wildman–Crippen LogP) is 2.08. The second-order valence-corrected chi connectivity index (χ2v) is 3.28. The zero-order valence-corrected chi connectivity index (χ0v) is 6.42. The third-order valence-corrected chi connectivity index (χ3v) is 2.57. The number of benzene rings is 1. The van der Waals surface area contributed by atoms with Crippen LogP contribution in [0.2, 0.25) is 0 Å². The Morgan fingerprint density at radius 1 is 1.08 bits per heavy atom. The highest BCUT2D eigenvalue weighted by Gasteiger charge is 2.31. The third kappa shape index (κ3) is 0.655. The lowest BCUT2D eigenvalue weighted by Crippen LogP contribution is -2.07. The minimum atomic E-state index is -0.142. The summed E-state index contributed by atoms with van der Waals surface area (Å²) in [5, 5.41) is 3.34. The molecular formula is C10H8FN. The number of hydrogen-bond acceptors (Lipinski definition) is 1. The maximum Gasteiger partial charge on any atom is 0.123 e. The first-order valence-electron chi connectivity index (χ1n) is 4.08. The van der Waals surface area contributed by atoms with Crippen molar-refractivity contribution in [1.29, 1.82) is 0 Å². The Morgan fingerprint density at radius 2 is 1.83 bits per heavy atom. The second-order valence-electron chi connectivity index (χ2n) is 3.28. The van der Waals surface area contributed by atoms with Crippen LogP contribution in [0.25, 0.3) is 0 Å². The Kier molecular flexibility index (Phi) is 1.04. The van der Waals surface area contributed by atoms with E-state index in [9.17, 15) is 4.39 Å². The number of rotatable bonds is 0. The summed E-state index contributed by atoms with van der Waals surface area (Å²) >= 11 is 0. The molecule has 0 radical (unpaired) electrons. The van der Waals surface area contributed by atoms with Crippen molar-refractivity contribution in [3.63, 3.8) is 0 Å². The first-order chi connectivity index (χ1) is 5.84. The van der Waals surface area contributed by atoms with Crippen molar-refractivity contribution in [3.8, 4) is 0 Å². The Hall–Kier alpha value is -1.15. The Bertz CT molecular complexity index is 370. The van der Waals surface area contributed by atoms with Crippen LogP contribution in [-0.2, 0) is 0 Å². The smallest absolute Gasteiger partial charge is 0.123 e. The molecule has 0 saturated heterocycles. The summed E-state index contributed by atoms with van der Waals surface area (Å²) in [7, 11) is 0. The van der Waals surface area contributed by atoms with Crippen LogP contribution in [0.4, 0.5) is 4.39 Å². The molecule has 0 aromatic heterocycles. The van der Waals surface area contributed by atoms with Crippen LogP contribution >= 0.6 is 0 Å². The van der Waals surface area contributed by atoms with E-state index < -0.39 is 0 Å². The summed E-state index contributed by atoms with van der Waals surface area (Å²) in [5.41, 5.74) is 2.33. The largest absolute Gasteiger partial charge is 0.296 e. The molecule has 2 heteroatoms.